The van der Waals surface area contributed by atoms with Gasteiger partial charge >= 0.3 is 109 Å². The van der Waals surface area contributed by atoms with E-state index in [1.54, 1.807) is 7.11 Å². The van der Waals surface area contributed by atoms with E-state index in [0.29, 0.717) is 0 Å². The quantitative estimate of drug-likeness (QED) is 0.249. The minimum absolute atomic E-state index is 0.102. The van der Waals surface area contributed by atoms with Crippen LogP contribution in [0.5, 0.6) is 11.5 Å². The first kappa shape index (κ1) is 31.5. The normalized spacial score (nSPS) is 13.3. The zero-order chi connectivity index (χ0) is 28.9. The maximum Gasteiger partial charge on any atom is 0.208 e. The zero-order valence-corrected chi connectivity index (χ0v) is 27.7. The zero-order valence-electron chi connectivity index (χ0n) is 24.4. The van der Waals surface area contributed by atoms with Crippen molar-refractivity contribution in [2.45, 2.75) is 61.5 Å². The van der Waals surface area contributed by atoms with Gasteiger partial charge in [0.1, 0.15) is 0 Å². The van der Waals surface area contributed by atoms with Crippen LogP contribution < -0.4 is 19.3 Å². The number of ether oxygens (including phenoxy) is 2. The van der Waals surface area contributed by atoms with Crippen LogP contribution in [0.15, 0.2) is 42.5 Å². The fourth-order valence-electron chi connectivity index (χ4n) is 5.13. The monoisotopic (exact) mass is 656 g/mol. The molecule has 212 valence electrons. The van der Waals surface area contributed by atoms with Crippen molar-refractivity contribution in [2.24, 2.45) is 0 Å². The van der Waals surface area contributed by atoms with Gasteiger partial charge in [-0.15, -0.1) is 0 Å². The maximum absolute atomic E-state index is 5.86. The number of hydrogen-bond donors (Lipinski definition) is 0. The first-order valence-corrected chi connectivity index (χ1v) is 18.5. The molecule has 4 nitrogen and oxygen atoms in total. The Morgan fingerprint density at radius 1 is 0.795 bits per heavy atom. The summed E-state index contributed by atoms with van der Waals surface area (Å²) in [6.07, 6.45) is 0.102. The van der Waals surface area contributed by atoms with Crippen molar-refractivity contribution in [1.29, 1.82) is 0 Å². The van der Waals surface area contributed by atoms with Crippen molar-refractivity contribution in [3.05, 3.63) is 88.1 Å². The summed E-state index contributed by atoms with van der Waals surface area (Å²) in [5, 5.41) is 0. The second kappa shape index (κ2) is 14.0. The van der Waals surface area contributed by atoms with Gasteiger partial charge in [-0.25, -0.2) is 0 Å². The predicted octanol–water partition coefficient (Wildman–Crippen LogP) is 8.42. The van der Waals surface area contributed by atoms with Gasteiger partial charge < -0.3 is 9.80 Å². The van der Waals surface area contributed by atoms with Crippen LogP contribution in [0.4, 0.5) is 11.4 Å². The van der Waals surface area contributed by atoms with Gasteiger partial charge in [-0.1, -0.05) is 35.4 Å². The van der Waals surface area contributed by atoms with Crippen LogP contribution in [0, 0.1) is 48.2 Å². The molecule has 0 atom stereocenters. The van der Waals surface area contributed by atoms with Gasteiger partial charge in [-0.05, 0) is 63.8 Å². The van der Waals surface area contributed by atoms with Crippen LogP contribution in [0.25, 0.3) is 0 Å². The Morgan fingerprint density at radius 3 is 1.64 bits per heavy atom. The Morgan fingerprint density at radius 2 is 1.26 bits per heavy atom. The number of halogens is 2. The molecule has 0 unspecified atom stereocenters. The molecule has 1 heterocycles. The van der Waals surface area contributed by atoms with Gasteiger partial charge in [0, 0.05) is 24.5 Å². The second-order valence-corrected chi connectivity index (χ2v) is 16.0. The van der Waals surface area contributed by atoms with E-state index in [4.69, 9.17) is 28.9 Å². The van der Waals surface area contributed by atoms with Crippen LogP contribution in [0.3, 0.4) is 0 Å². The van der Waals surface area contributed by atoms with Gasteiger partial charge in [0.25, 0.3) is 0 Å². The van der Waals surface area contributed by atoms with Gasteiger partial charge in [0.05, 0.1) is 0 Å². The molecule has 39 heavy (non-hydrogen) atoms. The number of hydrogen-bond acceptors (Lipinski definition) is 4. The maximum atomic E-state index is 5.86. The van der Waals surface area contributed by atoms with Gasteiger partial charge in [-0.2, -0.15) is 0 Å². The van der Waals surface area contributed by atoms with E-state index in [2.05, 4.69) is 82.3 Å². The number of nitrogens with zero attached hydrogens (tertiary/aromatic N) is 2. The van der Waals surface area contributed by atoms with Gasteiger partial charge in [0.2, 0.25) is 6.67 Å². The third-order valence-corrected chi connectivity index (χ3v) is 8.20. The molecule has 2 radical (unpaired) electrons. The van der Waals surface area contributed by atoms with E-state index in [1.165, 1.54) is 44.8 Å². The summed E-state index contributed by atoms with van der Waals surface area (Å²) in [6.45, 7) is 22.6. The molecule has 7 heteroatoms. The Labute approximate surface area is 248 Å². The van der Waals surface area contributed by atoms with E-state index in [0.717, 1.165) is 30.2 Å². The van der Waals surface area contributed by atoms with Gasteiger partial charge in [-0.3, -0.25) is 0 Å². The Balaban J connectivity index is 0.000000231. The fraction of sp³-hybridized carbons (Fsp3) is 0.375. The number of rotatable bonds is 6. The summed E-state index contributed by atoms with van der Waals surface area (Å²) < 4.78 is 12.7. The molecule has 4 rings (SSSR count). The summed E-state index contributed by atoms with van der Waals surface area (Å²) in [7, 11) is 13.3. The minimum atomic E-state index is -1.84. The van der Waals surface area contributed by atoms with E-state index in [-0.39, 0.29) is 6.10 Å². The second-order valence-electron chi connectivity index (χ2n) is 10.3. The number of aryl methyl sites for hydroxylation is 6. The van der Waals surface area contributed by atoms with Crippen LogP contribution >= 0.6 is 19.4 Å². The average Bonchev–Trinajstić information content (AvgIpc) is 3.27. The molecule has 1 aliphatic rings. The Hall–Kier alpha value is -2.07. The molecule has 0 aromatic heterocycles. The minimum Gasteiger partial charge on any atom is -0.339 e. The molecule has 0 bridgehead atoms. The fourth-order valence-corrected chi connectivity index (χ4v) is 6.94. The van der Waals surface area contributed by atoms with Crippen molar-refractivity contribution in [3.63, 3.8) is 0 Å². The van der Waals surface area contributed by atoms with Crippen molar-refractivity contribution in [2.75, 3.05) is 30.0 Å². The molecular weight excluding hydrogens is 616 g/mol. The molecule has 1 fully saturated rings. The topological polar surface area (TPSA) is 24.9 Å². The molecule has 0 spiro atoms. The molecule has 0 saturated carbocycles. The van der Waals surface area contributed by atoms with Crippen LogP contribution in [-0.2, 0) is 13.5 Å². The molecule has 0 aliphatic carbocycles. The van der Waals surface area contributed by atoms with Crippen LogP contribution in [0.2, 0.25) is 0 Å². The first-order valence-electron chi connectivity index (χ1n) is 13.0. The summed E-state index contributed by atoms with van der Waals surface area (Å²) >= 11 is -1.84. The van der Waals surface area contributed by atoms with Crippen molar-refractivity contribution >= 4 is 35.4 Å². The third-order valence-electron chi connectivity index (χ3n) is 6.37. The Bertz CT molecular complexity index is 1230. The van der Waals surface area contributed by atoms with E-state index < -0.39 is 13.5 Å². The Kier molecular flexibility index (Phi) is 11.3. The first-order chi connectivity index (χ1) is 18.4. The molecule has 1 aliphatic heterocycles. The van der Waals surface area contributed by atoms with Gasteiger partial charge in [0.15, 0.2) is 0 Å². The summed E-state index contributed by atoms with van der Waals surface area (Å²) in [5.41, 5.74) is 11.5. The number of anilines is 2. The van der Waals surface area contributed by atoms with Crippen LogP contribution in [-0.4, -0.2) is 30.9 Å². The smallest absolute Gasteiger partial charge is 0.208 e. The number of methoxy groups -OCH3 is 1. The molecule has 3 aromatic carbocycles. The van der Waals surface area contributed by atoms with Crippen molar-refractivity contribution in [1.82, 2.24) is 0 Å². The van der Waals surface area contributed by atoms with Crippen LogP contribution in [0.1, 0.15) is 52.8 Å². The summed E-state index contributed by atoms with van der Waals surface area (Å²) in [5.74, 6) is 1.52. The molecule has 1 saturated heterocycles. The van der Waals surface area contributed by atoms with Crippen molar-refractivity contribution in [3.8, 4) is 11.5 Å². The molecule has 3 aromatic rings. The molecular formula is C32H40Cl2N2O2Ru. The van der Waals surface area contributed by atoms with E-state index in [1.807, 2.05) is 36.7 Å². The largest absolute Gasteiger partial charge is 0.339 e. The number of benzene rings is 3. The average molecular weight is 657 g/mol. The standard InChI is InChI=1S/C21H26N2.C11H14O2.2ClH.Ru/c1-14-9-16(3)20(17(4)10-14)22-7-8-23(13-22)21-18(5)11-15(2)12-19(21)6;1-8(2)13-11-7-10(12-4)6-5-9(11)3;;;/h9-12H,7-8H2,1-6H3;3,5-8H,1-2,4H3;2*1H;/q;;;;+2/p-2. The van der Waals surface area contributed by atoms with Crippen molar-refractivity contribution < 1.29 is 23.0 Å². The molecule has 0 amide bonds. The molecule has 0 N–H and O–H groups in total. The SMILES string of the molecule is COc1ccc([CH]=[Ru]([Cl])[Cl])c(OC(C)C)c1.Cc1cc(C)c(N2[C]N(c3c(C)cc(C)cc3C)CC2)c(C)c1. The summed E-state index contributed by atoms with van der Waals surface area (Å²) in [4.78, 5) is 4.56. The predicted molar refractivity (Wildman–Crippen MR) is 165 cm³/mol. The summed E-state index contributed by atoms with van der Waals surface area (Å²) in [6, 6.07) is 14.7. The third kappa shape index (κ3) is 8.46. The van der Waals surface area contributed by atoms with E-state index in [9.17, 15) is 0 Å². The van der Waals surface area contributed by atoms with E-state index >= 15 is 0 Å².